The topological polar surface area (TPSA) is 46.3 Å². The van der Waals surface area contributed by atoms with E-state index in [4.69, 9.17) is 5.73 Å². The molecule has 1 fully saturated rings. The summed E-state index contributed by atoms with van der Waals surface area (Å²) in [6.45, 7) is 0.443. The summed E-state index contributed by atoms with van der Waals surface area (Å²) in [6, 6.07) is 6.53. The van der Waals surface area contributed by atoms with Gasteiger partial charge < -0.3 is 10.6 Å². The van der Waals surface area contributed by atoms with Gasteiger partial charge in [-0.15, -0.1) is 0 Å². The van der Waals surface area contributed by atoms with Gasteiger partial charge in [-0.25, -0.2) is 4.39 Å². The molecule has 0 bridgehead atoms. The van der Waals surface area contributed by atoms with Crippen LogP contribution in [-0.4, -0.2) is 23.9 Å². The van der Waals surface area contributed by atoms with Crippen LogP contribution >= 0.6 is 0 Å². The molecule has 1 amide bonds. The van der Waals surface area contributed by atoms with Crippen molar-refractivity contribution in [3.8, 4) is 0 Å². The molecule has 0 heterocycles. The van der Waals surface area contributed by atoms with E-state index in [1.165, 1.54) is 25.0 Å². The largest absolute Gasteiger partial charge is 0.341 e. The molecule has 1 aliphatic carbocycles. The van der Waals surface area contributed by atoms with Crippen LogP contribution in [0.4, 0.5) is 4.39 Å². The molecule has 1 saturated carbocycles. The van der Waals surface area contributed by atoms with Gasteiger partial charge in [-0.05, 0) is 36.5 Å². The number of benzene rings is 1. The second-order valence-electron chi connectivity index (χ2n) is 5.79. The van der Waals surface area contributed by atoms with Gasteiger partial charge in [0.25, 0.3) is 0 Å². The van der Waals surface area contributed by atoms with Crippen molar-refractivity contribution in [1.29, 1.82) is 0 Å². The zero-order chi connectivity index (χ0) is 14.5. The lowest BCUT2D eigenvalue weighted by molar-refractivity contribution is -0.131. The Hall–Kier alpha value is -1.42. The SMILES string of the molecule is CN(Cc1cccc(F)c1)C(=O)CC1CCCCC1N. The molecule has 0 saturated heterocycles. The Labute approximate surface area is 120 Å². The maximum absolute atomic E-state index is 13.1. The Morgan fingerprint density at radius 1 is 1.40 bits per heavy atom. The number of carbonyl (C=O) groups is 1. The van der Waals surface area contributed by atoms with Crippen molar-refractivity contribution >= 4 is 5.91 Å². The Bertz CT molecular complexity index is 464. The molecule has 0 aromatic heterocycles. The third kappa shape index (κ3) is 4.04. The van der Waals surface area contributed by atoms with Crippen molar-refractivity contribution < 1.29 is 9.18 Å². The minimum atomic E-state index is -0.266. The first kappa shape index (κ1) is 15.0. The van der Waals surface area contributed by atoms with Crippen LogP contribution in [0.3, 0.4) is 0 Å². The number of halogens is 1. The van der Waals surface area contributed by atoms with Crippen LogP contribution in [0.25, 0.3) is 0 Å². The number of amides is 1. The summed E-state index contributed by atoms with van der Waals surface area (Å²) in [5.41, 5.74) is 6.89. The summed E-state index contributed by atoms with van der Waals surface area (Å²) in [6.07, 6.45) is 4.91. The molecule has 0 radical (unpaired) electrons. The number of hydrogen-bond donors (Lipinski definition) is 1. The second kappa shape index (κ2) is 6.84. The van der Waals surface area contributed by atoms with Crippen molar-refractivity contribution in [2.75, 3.05) is 7.05 Å². The third-order valence-corrected chi connectivity index (χ3v) is 4.14. The Balaban J connectivity index is 1.88. The van der Waals surface area contributed by atoms with Gasteiger partial charge in [-0.1, -0.05) is 25.0 Å². The molecule has 1 aromatic rings. The monoisotopic (exact) mass is 278 g/mol. The molecule has 2 N–H and O–H groups in total. The van der Waals surface area contributed by atoms with Crippen LogP contribution in [0.2, 0.25) is 0 Å². The maximum Gasteiger partial charge on any atom is 0.222 e. The van der Waals surface area contributed by atoms with Crippen LogP contribution in [0.1, 0.15) is 37.7 Å². The molecule has 0 spiro atoms. The number of hydrogen-bond acceptors (Lipinski definition) is 2. The van der Waals surface area contributed by atoms with Crippen LogP contribution < -0.4 is 5.73 Å². The second-order valence-corrected chi connectivity index (χ2v) is 5.79. The fourth-order valence-corrected chi connectivity index (χ4v) is 2.87. The smallest absolute Gasteiger partial charge is 0.222 e. The molecule has 2 rings (SSSR count). The first-order valence-corrected chi connectivity index (χ1v) is 7.30. The molecule has 2 unspecified atom stereocenters. The first-order valence-electron chi connectivity index (χ1n) is 7.30. The van der Waals surface area contributed by atoms with E-state index in [2.05, 4.69) is 0 Å². The Morgan fingerprint density at radius 3 is 2.85 bits per heavy atom. The molecular weight excluding hydrogens is 255 g/mol. The van der Waals surface area contributed by atoms with Gasteiger partial charge in [-0.3, -0.25) is 4.79 Å². The Morgan fingerprint density at radius 2 is 2.15 bits per heavy atom. The lowest BCUT2D eigenvalue weighted by Gasteiger charge is -2.29. The molecule has 1 aromatic carbocycles. The van der Waals surface area contributed by atoms with E-state index in [9.17, 15) is 9.18 Å². The van der Waals surface area contributed by atoms with Gasteiger partial charge in [-0.2, -0.15) is 0 Å². The minimum absolute atomic E-state index is 0.0941. The lowest BCUT2D eigenvalue weighted by Crippen LogP contribution is -2.37. The summed E-state index contributed by atoms with van der Waals surface area (Å²) in [4.78, 5) is 13.9. The quantitative estimate of drug-likeness (QED) is 0.920. The number of rotatable bonds is 4. The molecule has 4 heteroatoms. The molecule has 1 aliphatic rings. The highest BCUT2D eigenvalue weighted by Crippen LogP contribution is 2.26. The fraction of sp³-hybridized carbons (Fsp3) is 0.562. The molecule has 3 nitrogen and oxygen atoms in total. The minimum Gasteiger partial charge on any atom is -0.341 e. The van der Waals surface area contributed by atoms with Crippen LogP contribution in [0.5, 0.6) is 0 Å². The van der Waals surface area contributed by atoms with E-state index < -0.39 is 0 Å². The number of nitrogens with two attached hydrogens (primary N) is 1. The van der Waals surface area contributed by atoms with E-state index in [0.29, 0.717) is 18.9 Å². The molecule has 110 valence electrons. The fourth-order valence-electron chi connectivity index (χ4n) is 2.87. The van der Waals surface area contributed by atoms with Crippen molar-refractivity contribution in [3.05, 3.63) is 35.6 Å². The van der Waals surface area contributed by atoms with E-state index in [0.717, 1.165) is 18.4 Å². The van der Waals surface area contributed by atoms with Gasteiger partial charge in [0.1, 0.15) is 5.82 Å². The summed E-state index contributed by atoms with van der Waals surface area (Å²) in [5, 5.41) is 0. The van der Waals surface area contributed by atoms with Gasteiger partial charge in [0.2, 0.25) is 5.91 Å². The van der Waals surface area contributed by atoms with E-state index in [1.807, 2.05) is 6.07 Å². The van der Waals surface area contributed by atoms with Gasteiger partial charge in [0.15, 0.2) is 0 Å². The average molecular weight is 278 g/mol. The molecular formula is C16H23FN2O. The summed E-state index contributed by atoms with van der Waals surface area (Å²) >= 11 is 0. The van der Waals surface area contributed by atoms with Crippen LogP contribution in [-0.2, 0) is 11.3 Å². The maximum atomic E-state index is 13.1. The zero-order valence-electron chi connectivity index (χ0n) is 12.0. The van der Waals surface area contributed by atoms with Crippen molar-refractivity contribution in [2.45, 2.75) is 44.7 Å². The number of nitrogens with zero attached hydrogens (tertiary/aromatic N) is 1. The summed E-state index contributed by atoms with van der Waals surface area (Å²) in [7, 11) is 1.77. The van der Waals surface area contributed by atoms with Crippen LogP contribution in [0.15, 0.2) is 24.3 Å². The van der Waals surface area contributed by atoms with Crippen molar-refractivity contribution in [2.24, 2.45) is 11.7 Å². The lowest BCUT2D eigenvalue weighted by atomic mass is 9.83. The standard InChI is InChI=1S/C16H23FN2O/c1-19(11-12-5-4-7-14(17)9-12)16(20)10-13-6-2-3-8-15(13)18/h4-5,7,9,13,15H,2-3,6,8,10-11,18H2,1H3. The zero-order valence-corrected chi connectivity index (χ0v) is 12.0. The average Bonchev–Trinajstić information content (AvgIpc) is 2.41. The first-order chi connectivity index (χ1) is 9.56. The van der Waals surface area contributed by atoms with E-state index in [1.54, 1.807) is 18.0 Å². The van der Waals surface area contributed by atoms with E-state index >= 15 is 0 Å². The van der Waals surface area contributed by atoms with E-state index in [-0.39, 0.29) is 17.8 Å². The predicted octanol–water partition coefficient (Wildman–Crippen LogP) is 2.69. The highest BCUT2D eigenvalue weighted by atomic mass is 19.1. The normalized spacial score (nSPS) is 22.6. The highest BCUT2D eigenvalue weighted by Gasteiger charge is 2.25. The van der Waals surface area contributed by atoms with Crippen LogP contribution in [0, 0.1) is 11.7 Å². The predicted molar refractivity (Wildman–Crippen MR) is 77.4 cm³/mol. The summed E-state index contributed by atoms with van der Waals surface area (Å²) < 4.78 is 13.1. The van der Waals surface area contributed by atoms with Gasteiger partial charge in [0.05, 0.1) is 0 Å². The highest BCUT2D eigenvalue weighted by molar-refractivity contribution is 5.76. The number of carbonyl (C=O) groups excluding carboxylic acids is 1. The molecule has 2 atom stereocenters. The van der Waals surface area contributed by atoms with Crippen molar-refractivity contribution in [1.82, 2.24) is 4.90 Å². The molecule has 20 heavy (non-hydrogen) atoms. The van der Waals surface area contributed by atoms with Gasteiger partial charge in [0, 0.05) is 26.1 Å². The third-order valence-electron chi connectivity index (χ3n) is 4.14. The summed E-state index contributed by atoms with van der Waals surface area (Å²) in [5.74, 6) is 0.125. The Kier molecular flexibility index (Phi) is 5.12. The molecule has 0 aliphatic heterocycles. The van der Waals surface area contributed by atoms with Crippen molar-refractivity contribution in [3.63, 3.8) is 0 Å². The van der Waals surface area contributed by atoms with Gasteiger partial charge >= 0.3 is 0 Å².